The predicted octanol–water partition coefficient (Wildman–Crippen LogP) is 3.10. The Labute approximate surface area is 132 Å². The number of aromatic nitrogens is 2. The second kappa shape index (κ2) is 5.70. The highest BCUT2D eigenvalue weighted by Gasteiger charge is 2.19. The minimum Gasteiger partial charge on any atom is -0.493 e. The number of halogens is 2. The number of hydrogen-bond donors (Lipinski definition) is 0. The zero-order valence-electron chi connectivity index (χ0n) is 11.5. The van der Waals surface area contributed by atoms with Gasteiger partial charge in [0.25, 0.3) is 5.56 Å². The Morgan fingerprint density at radius 3 is 2.90 bits per heavy atom. The minimum absolute atomic E-state index is 0.168. The molecule has 1 aromatic carbocycles. The average Bonchev–Trinajstić information content (AvgIpc) is 2.89. The molecule has 110 valence electrons. The van der Waals surface area contributed by atoms with Crippen molar-refractivity contribution in [1.29, 1.82) is 0 Å². The van der Waals surface area contributed by atoms with Gasteiger partial charge in [-0.3, -0.25) is 9.36 Å². The van der Waals surface area contributed by atoms with Crippen molar-refractivity contribution in [3.05, 3.63) is 55.7 Å². The maximum absolute atomic E-state index is 12.2. The van der Waals surface area contributed by atoms with E-state index < -0.39 is 0 Å². The third kappa shape index (κ3) is 2.78. The van der Waals surface area contributed by atoms with Gasteiger partial charge in [-0.25, -0.2) is 4.98 Å². The van der Waals surface area contributed by atoms with Crippen LogP contribution in [0.1, 0.15) is 23.9 Å². The molecule has 6 heteroatoms. The molecule has 0 radical (unpaired) electrons. The van der Waals surface area contributed by atoms with Crippen molar-refractivity contribution in [1.82, 2.24) is 9.55 Å². The Morgan fingerprint density at radius 2 is 2.14 bits per heavy atom. The van der Waals surface area contributed by atoms with Crippen molar-refractivity contribution in [2.24, 2.45) is 0 Å². The van der Waals surface area contributed by atoms with Crippen molar-refractivity contribution < 1.29 is 4.74 Å². The van der Waals surface area contributed by atoms with E-state index in [9.17, 15) is 4.79 Å². The van der Waals surface area contributed by atoms with E-state index in [-0.39, 0.29) is 10.7 Å². The highest BCUT2D eigenvalue weighted by atomic mass is 35.5. The standard InChI is InChI=1S/C15H14Cl2N2O2/c1-2-13-18-12(17)7-14(20)19(13)8-10-6-11(16)5-9-3-4-21-15(9)10/h5-7H,2-4,8H2,1H3. The van der Waals surface area contributed by atoms with Gasteiger partial charge in [-0.2, -0.15) is 0 Å². The predicted molar refractivity (Wildman–Crippen MR) is 82.6 cm³/mol. The van der Waals surface area contributed by atoms with Gasteiger partial charge in [0.1, 0.15) is 16.7 Å². The van der Waals surface area contributed by atoms with Gasteiger partial charge in [0.05, 0.1) is 13.2 Å². The molecule has 0 bridgehead atoms. The first-order valence-corrected chi connectivity index (χ1v) is 7.54. The van der Waals surface area contributed by atoms with Crippen LogP contribution in [0.4, 0.5) is 0 Å². The Hall–Kier alpha value is -1.52. The summed E-state index contributed by atoms with van der Waals surface area (Å²) in [5, 5.41) is 0.878. The molecule has 0 unspecified atom stereocenters. The molecule has 21 heavy (non-hydrogen) atoms. The molecule has 0 saturated heterocycles. The number of nitrogens with zero attached hydrogens (tertiary/aromatic N) is 2. The molecular weight excluding hydrogens is 311 g/mol. The van der Waals surface area contributed by atoms with Gasteiger partial charge in [-0.15, -0.1) is 0 Å². The fraction of sp³-hybridized carbons (Fsp3) is 0.333. The van der Waals surface area contributed by atoms with Crippen molar-refractivity contribution in [3.63, 3.8) is 0 Å². The highest BCUT2D eigenvalue weighted by Crippen LogP contribution is 2.33. The topological polar surface area (TPSA) is 44.1 Å². The number of fused-ring (bicyclic) bond motifs is 1. The van der Waals surface area contributed by atoms with E-state index in [0.717, 1.165) is 23.3 Å². The van der Waals surface area contributed by atoms with E-state index in [4.69, 9.17) is 27.9 Å². The quantitative estimate of drug-likeness (QED) is 0.815. The molecule has 3 rings (SSSR count). The first kappa shape index (κ1) is 14.4. The summed E-state index contributed by atoms with van der Waals surface area (Å²) in [5.41, 5.74) is 1.82. The summed E-state index contributed by atoms with van der Waals surface area (Å²) in [4.78, 5) is 16.4. The maximum atomic E-state index is 12.2. The number of benzene rings is 1. The van der Waals surface area contributed by atoms with E-state index in [1.54, 1.807) is 4.57 Å². The van der Waals surface area contributed by atoms with Crippen molar-refractivity contribution in [2.75, 3.05) is 6.61 Å². The fourth-order valence-electron chi connectivity index (χ4n) is 2.60. The lowest BCUT2D eigenvalue weighted by Crippen LogP contribution is -2.25. The van der Waals surface area contributed by atoms with E-state index >= 15 is 0 Å². The van der Waals surface area contributed by atoms with Crippen LogP contribution in [0, 0.1) is 0 Å². The Morgan fingerprint density at radius 1 is 1.33 bits per heavy atom. The Kier molecular flexibility index (Phi) is 3.91. The zero-order valence-corrected chi connectivity index (χ0v) is 13.0. The van der Waals surface area contributed by atoms with Crippen LogP contribution in [0.5, 0.6) is 5.75 Å². The monoisotopic (exact) mass is 324 g/mol. The molecule has 0 fully saturated rings. The van der Waals surface area contributed by atoms with Crippen LogP contribution >= 0.6 is 23.2 Å². The first-order valence-electron chi connectivity index (χ1n) is 6.79. The summed E-state index contributed by atoms with van der Waals surface area (Å²) in [6.07, 6.45) is 1.47. The number of rotatable bonds is 3. The molecule has 2 aromatic rings. The van der Waals surface area contributed by atoms with Crippen LogP contribution in [0.15, 0.2) is 23.0 Å². The molecular formula is C15H14Cl2N2O2. The SMILES string of the molecule is CCc1nc(Cl)cc(=O)n1Cc1cc(Cl)cc2c1OCC2. The number of ether oxygens (including phenoxy) is 1. The smallest absolute Gasteiger partial charge is 0.255 e. The van der Waals surface area contributed by atoms with E-state index in [2.05, 4.69) is 4.98 Å². The lowest BCUT2D eigenvalue weighted by atomic mass is 10.1. The number of hydrogen-bond acceptors (Lipinski definition) is 3. The van der Waals surface area contributed by atoms with Crippen LogP contribution < -0.4 is 10.3 Å². The molecule has 0 saturated carbocycles. The third-order valence-electron chi connectivity index (χ3n) is 3.53. The van der Waals surface area contributed by atoms with Crippen LogP contribution in [0.3, 0.4) is 0 Å². The molecule has 0 amide bonds. The summed E-state index contributed by atoms with van der Waals surface area (Å²) in [7, 11) is 0. The van der Waals surface area contributed by atoms with E-state index in [1.807, 2.05) is 19.1 Å². The lowest BCUT2D eigenvalue weighted by Gasteiger charge is -2.14. The summed E-state index contributed by atoms with van der Waals surface area (Å²) < 4.78 is 7.28. The van der Waals surface area contributed by atoms with Crippen LogP contribution in [-0.2, 0) is 19.4 Å². The van der Waals surface area contributed by atoms with Crippen molar-refractivity contribution in [3.8, 4) is 5.75 Å². The van der Waals surface area contributed by atoms with E-state index in [1.165, 1.54) is 6.07 Å². The fourth-order valence-corrected chi connectivity index (χ4v) is 3.05. The summed E-state index contributed by atoms with van der Waals surface area (Å²) >= 11 is 12.0. The summed E-state index contributed by atoms with van der Waals surface area (Å²) in [5.74, 6) is 1.49. The van der Waals surface area contributed by atoms with E-state index in [0.29, 0.717) is 30.4 Å². The van der Waals surface area contributed by atoms with Gasteiger partial charge in [0, 0.05) is 29.5 Å². The molecule has 0 aliphatic carbocycles. The Bertz CT molecular complexity index is 756. The van der Waals surface area contributed by atoms with Crippen LogP contribution in [0.2, 0.25) is 10.2 Å². The van der Waals surface area contributed by atoms with Gasteiger partial charge in [0.15, 0.2) is 0 Å². The molecule has 0 N–H and O–H groups in total. The zero-order chi connectivity index (χ0) is 15.0. The highest BCUT2D eigenvalue weighted by molar-refractivity contribution is 6.30. The molecule has 1 aliphatic heterocycles. The summed E-state index contributed by atoms with van der Waals surface area (Å²) in [6.45, 7) is 2.97. The van der Waals surface area contributed by atoms with Gasteiger partial charge in [-0.05, 0) is 17.7 Å². The molecule has 0 atom stereocenters. The molecule has 0 spiro atoms. The normalized spacial score (nSPS) is 13.1. The van der Waals surface area contributed by atoms with Gasteiger partial charge in [0.2, 0.25) is 0 Å². The second-order valence-electron chi connectivity index (χ2n) is 4.92. The van der Waals surface area contributed by atoms with Gasteiger partial charge >= 0.3 is 0 Å². The molecule has 1 aromatic heterocycles. The van der Waals surface area contributed by atoms with Crippen LogP contribution in [-0.4, -0.2) is 16.2 Å². The Balaban J connectivity index is 2.08. The summed E-state index contributed by atoms with van der Waals surface area (Å²) in [6, 6.07) is 5.08. The van der Waals surface area contributed by atoms with Crippen LogP contribution in [0.25, 0.3) is 0 Å². The average molecular weight is 325 g/mol. The molecule has 2 heterocycles. The minimum atomic E-state index is -0.168. The third-order valence-corrected chi connectivity index (χ3v) is 3.94. The van der Waals surface area contributed by atoms with Gasteiger partial charge in [-0.1, -0.05) is 30.1 Å². The lowest BCUT2D eigenvalue weighted by molar-refractivity contribution is 0.352. The second-order valence-corrected chi connectivity index (χ2v) is 5.75. The van der Waals surface area contributed by atoms with Crippen molar-refractivity contribution >= 4 is 23.2 Å². The van der Waals surface area contributed by atoms with Gasteiger partial charge < -0.3 is 4.74 Å². The maximum Gasteiger partial charge on any atom is 0.255 e. The molecule has 1 aliphatic rings. The largest absolute Gasteiger partial charge is 0.493 e. The van der Waals surface area contributed by atoms with Crippen molar-refractivity contribution in [2.45, 2.75) is 26.3 Å². The number of aryl methyl sites for hydroxylation is 1. The molecule has 4 nitrogen and oxygen atoms in total. The first-order chi connectivity index (χ1) is 10.1.